The van der Waals surface area contributed by atoms with Crippen LogP contribution in [0.5, 0.6) is 0 Å². The van der Waals surface area contributed by atoms with E-state index in [0.717, 1.165) is 10.9 Å². The molecular weight excluding hydrogens is 380 g/mol. The number of carbonyl (C=O) groups excluding carboxylic acids is 2. The van der Waals surface area contributed by atoms with E-state index in [4.69, 9.17) is 0 Å². The van der Waals surface area contributed by atoms with Crippen molar-refractivity contribution in [2.45, 2.75) is 6.04 Å². The first-order valence-electron chi connectivity index (χ1n) is 9.77. The smallest absolute Gasteiger partial charge is 0.295 e. The first-order chi connectivity index (χ1) is 14.4. The fourth-order valence-corrected chi connectivity index (χ4v) is 3.98. The number of fused-ring (bicyclic) bond motifs is 1. The molecule has 1 atom stereocenters. The minimum absolute atomic E-state index is 0.100. The van der Waals surface area contributed by atoms with Gasteiger partial charge in [-0.2, -0.15) is 0 Å². The van der Waals surface area contributed by atoms with Gasteiger partial charge < -0.3 is 19.5 Å². The summed E-state index contributed by atoms with van der Waals surface area (Å²) in [4.78, 5) is 33.6. The Kier molecular flexibility index (Phi) is 5.13. The second-order valence-corrected chi connectivity index (χ2v) is 7.75. The standard InChI is InChI=1S/C23H24N4O3/c1-25(2)11-12-27-20(15-7-6-10-24-13-15)19(22(29)23(27)30)21(28)17-14-26(3)18-9-5-4-8-16(17)18/h4-10,13-14,20,28H,11-12H2,1-3H3/t20-/m1/s1. The van der Waals surface area contributed by atoms with Crippen molar-refractivity contribution in [3.63, 3.8) is 0 Å². The number of ketones is 1. The number of hydrogen-bond donors (Lipinski definition) is 1. The Morgan fingerprint density at radius 1 is 1.17 bits per heavy atom. The van der Waals surface area contributed by atoms with Crippen LogP contribution in [-0.4, -0.2) is 63.3 Å². The van der Waals surface area contributed by atoms with Crippen LogP contribution in [0.3, 0.4) is 0 Å². The number of hydrogen-bond acceptors (Lipinski definition) is 5. The van der Waals surface area contributed by atoms with Crippen LogP contribution in [0.4, 0.5) is 0 Å². The van der Waals surface area contributed by atoms with Crippen LogP contribution in [-0.2, 0) is 16.6 Å². The van der Waals surface area contributed by atoms with Gasteiger partial charge in [-0.05, 0) is 31.8 Å². The molecule has 3 aromatic rings. The molecule has 1 aromatic carbocycles. The number of pyridine rings is 1. The quantitative estimate of drug-likeness (QED) is 0.402. The van der Waals surface area contributed by atoms with Crippen LogP contribution in [0.15, 0.2) is 60.6 Å². The van der Waals surface area contributed by atoms with Crippen molar-refractivity contribution in [2.24, 2.45) is 7.05 Å². The average molecular weight is 404 g/mol. The first kappa shape index (κ1) is 19.8. The Bertz CT molecular complexity index is 1150. The summed E-state index contributed by atoms with van der Waals surface area (Å²) in [5.74, 6) is -1.44. The molecule has 1 N–H and O–H groups in total. The number of benzene rings is 1. The average Bonchev–Trinajstić information content (AvgIpc) is 3.21. The van der Waals surface area contributed by atoms with Crippen LogP contribution in [0.2, 0.25) is 0 Å². The summed E-state index contributed by atoms with van der Waals surface area (Å²) >= 11 is 0. The number of aliphatic hydroxyl groups excluding tert-OH is 1. The Morgan fingerprint density at radius 3 is 2.63 bits per heavy atom. The van der Waals surface area contributed by atoms with Gasteiger partial charge in [0.05, 0.1) is 11.6 Å². The second-order valence-electron chi connectivity index (χ2n) is 7.75. The SMILES string of the molecule is CN(C)CCN1C(=O)C(=O)C(=C(O)c2cn(C)c3ccccc23)[C@H]1c1cccnc1. The molecule has 30 heavy (non-hydrogen) atoms. The third-order valence-electron chi connectivity index (χ3n) is 5.48. The Balaban J connectivity index is 1.91. The Morgan fingerprint density at radius 2 is 1.93 bits per heavy atom. The maximum atomic E-state index is 13.1. The molecule has 2 aromatic heterocycles. The first-order valence-corrected chi connectivity index (χ1v) is 9.77. The van der Waals surface area contributed by atoms with E-state index >= 15 is 0 Å². The molecule has 154 valence electrons. The van der Waals surface area contributed by atoms with E-state index in [1.165, 1.54) is 4.90 Å². The summed E-state index contributed by atoms with van der Waals surface area (Å²) in [5.41, 5.74) is 2.26. The van der Waals surface area contributed by atoms with E-state index in [1.807, 2.05) is 60.9 Å². The summed E-state index contributed by atoms with van der Waals surface area (Å²) in [6.45, 7) is 0.960. The summed E-state index contributed by atoms with van der Waals surface area (Å²) in [6.07, 6.45) is 5.06. The molecule has 1 fully saturated rings. The van der Waals surface area contributed by atoms with Crippen molar-refractivity contribution in [3.05, 3.63) is 71.7 Å². The highest BCUT2D eigenvalue weighted by Gasteiger charge is 2.46. The summed E-state index contributed by atoms with van der Waals surface area (Å²) in [6, 6.07) is 10.5. The maximum Gasteiger partial charge on any atom is 0.295 e. The fraction of sp³-hybridized carbons (Fsp3) is 0.261. The third-order valence-corrected chi connectivity index (χ3v) is 5.48. The maximum absolute atomic E-state index is 13.1. The number of likely N-dealkylation sites (tertiary alicyclic amines) is 1. The zero-order chi connectivity index (χ0) is 21.4. The normalized spacial score (nSPS) is 18.7. The zero-order valence-electron chi connectivity index (χ0n) is 17.2. The van der Waals surface area contributed by atoms with Crippen molar-refractivity contribution in [2.75, 3.05) is 27.2 Å². The number of aryl methyl sites for hydroxylation is 1. The molecule has 0 bridgehead atoms. The topological polar surface area (TPSA) is 78.7 Å². The lowest BCUT2D eigenvalue weighted by atomic mass is 9.96. The number of aliphatic hydroxyl groups is 1. The molecule has 0 radical (unpaired) electrons. The molecule has 4 rings (SSSR count). The van der Waals surface area contributed by atoms with Crippen LogP contribution in [0.25, 0.3) is 16.7 Å². The third kappa shape index (κ3) is 3.27. The minimum atomic E-state index is -0.683. The molecule has 1 aliphatic rings. The van der Waals surface area contributed by atoms with Crippen LogP contribution < -0.4 is 0 Å². The molecule has 7 nitrogen and oxygen atoms in total. The van der Waals surface area contributed by atoms with Gasteiger partial charge in [0, 0.05) is 55.2 Å². The van der Waals surface area contributed by atoms with Gasteiger partial charge in [0.15, 0.2) is 0 Å². The highest BCUT2D eigenvalue weighted by Crippen LogP contribution is 2.40. The van der Waals surface area contributed by atoms with Gasteiger partial charge in [-0.25, -0.2) is 0 Å². The number of Topliss-reactive ketones (excluding diaryl/α,β-unsaturated/α-hetero) is 1. The molecule has 3 heterocycles. The van der Waals surface area contributed by atoms with E-state index in [0.29, 0.717) is 24.2 Å². The predicted molar refractivity (Wildman–Crippen MR) is 115 cm³/mol. The lowest BCUT2D eigenvalue weighted by molar-refractivity contribution is -0.140. The number of para-hydroxylation sites is 1. The van der Waals surface area contributed by atoms with Crippen molar-refractivity contribution in [1.29, 1.82) is 0 Å². The Hall–Kier alpha value is -3.45. The van der Waals surface area contributed by atoms with Crippen molar-refractivity contribution >= 4 is 28.4 Å². The zero-order valence-corrected chi connectivity index (χ0v) is 17.2. The van der Waals surface area contributed by atoms with Gasteiger partial charge in [0.25, 0.3) is 11.7 Å². The largest absolute Gasteiger partial charge is 0.507 e. The second kappa shape index (κ2) is 7.76. The fourth-order valence-electron chi connectivity index (χ4n) is 3.98. The number of rotatable bonds is 5. The molecule has 1 aliphatic heterocycles. The van der Waals surface area contributed by atoms with Crippen molar-refractivity contribution in [1.82, 2.24) is 19.4 Å². The number of amides is 1. The van der Waals surface area contributed by atoms with Gasteiger partial charge in [-0.15, -0.1) is 0 Å². The van der Waals surface area contributed by atoms with Gasteiger partial charge in [-0.1, -0.05) is 24.3 Å². The molecule has 1 amide bonds. The van der Waals surface area contributed by atoms with E-state index in [-0.39, 0.29) is 11.3 Å². The molecule has 0 aliphatic carbocycles. The van der Waals surface area contributed by atoms with Gasteiger partial charge in [-0.3, -0.25) is 14.6 Å². The van der Waals surface area contributed by atoms with E-state index < -0.39 is 17.7 Å². The monoisotopic (exact) mass is 404 g/mol. The number of aromatic nitrogens is 2. The predicted octanol–water partition coefficient (Wildman–Crippen LogP) is 2.56. The lowest BCUT2D eigenvalue weighted by Gasteiger charge is -2.26. The van der Waals surface area contributed by atoms with E-state index in [1.54, 1.807) is 24.7 Å². The van der Waals surface area contributed by atoms with Crippen LogP contribution >= 0.6 is 0 Å². The van der Waals surface area contributed by atoms with E-state index in [9.17, 15) is 14.7 Å². The molecule has 0 unspecified atom stereocenters. The number of carbonyl (C=O) groups is 2. The Labute approximate surface area is 174 Å². The number of likely N-dealkylation sites (N-methyl/N-ethyl adjacent to an activating group) is 1. The molecule has 7 heteroatoms. The molecular formula is C23H24N4O3. The van der Waals surface area contributed by atoms with Crippen LogP contribution in [0.1, 0.15) is 17.2 Å². The van der Waals surface area contributed by atoms with E-state index in [2.05, 4.69) is 4.98 Å². The molecule has 0 saturated carbocycles. The van der Waals surface area contributed by atoms with Gasteiger partial charge in [0.2, 0.25) is 0 Å². The molecule has 1 saturated heterocycles. The summed E-state index contributed by atoms with van der Waals surface area (Å²) in [5, 5.41) is 12.1. The van der Waals surface area contributed by atoms with Gasteiger partial charge in [0.1, 0.15) is 5.76 Å². The highest BCUT2D eigenvalue weighted by molar-refractivity contribution is 6.46. The van der Waals surface area contributed by atoms with Crippen molar-refractivity contribution in [3.8, 4) is 0 Å². The highest BCUT2D eigenvalue weighted by atomic mass is 16.3. The summed E-state index contributed by atoms with van der Waals surface area (Å²) < 4.78 is 1.89. The molecule has 0 spiro atoms. The lowest BCUT2D eigenvalue weighted by Crippen LogP contribution is -2.35. The summed E-state index contributed by atoms with van der Waals surface area (Å²) in [7, 11) is 5.70. The van der Waals surface area contributed by atoms with Crippen molar-refractivity contribution < 1.29 is 14.7 Å². The number of nitrogens with zero attached hydrogens (tertiary/aromatic N) is 4. The van der Waals surface area contributed by atoms with Crippen LogP contribution in [0, 0.1) is 0 Å². The van der Waals surface area contributed by atoms with Gasteiger partial charge >= 0.3 is 0 Å². The minimum Gasteiger partial charge on any atom is -0.507 e.